The van der Waals surface area contributed by atoms with E-state index in [1.54, 1.807) is 5.01 Å². The summed E-state index contributed by atoms with van der Waals surface area (Å²) in [5.41, 5.74) is 4.08. The molecule has 0 radical (unpaired) electrons. The minimum Gasteiger partial charge on any atom is -0.507 e. The molecule has 1 aliphatic rings. The molecule has 0 aliphatic carbocycles. The van der Waals surface area contributed by atoms with Gasteiger partial charge in [0.15, 0.2) is 0 Å². The van der Waals surface area contributed by atoms with E-state index in [-0.39, 0.29) is 17.7 Å². The third kappa shape index (κ3) is 3.46. The van der Waals surface area contributed by atoms with Crippen molar-refractivity contribution in [1.29, 1.82) is 0 Å². The van der Waals surface area contributed by atoms with Gasteiger partial charge in [-0.1, -0.05) is 78.4 Å². The average Bonchev–Trinajstić information content (AvgIpc) is 3.25. The monoisotopic (exact) mass is 406 g/mol. The van der Waals surface area contributed by atoms with Crippen LogP contribution in [0.2, 0.25) is 0 Å². The highest BCUT2D eigenvalue weighted by Gasteiger charge is 2.34. The largest absolute Gasteiger partial charge is 0.507 e. The first-order chi connectivity index (χ1) is 15.1. The second kappa shape index (κ2) is 7.73. The Morgan fingerprint density at radius 1 is 0.903 bits per heavy atom. The van der Waals surface area contributed by atoms with Crippen molar-refractivity contribution in [2.75, 3.05) is 0 Å². The van der Waals surface area contributed by atoms with E-state index in [1.807, 2.05) is 97.9 Å². The van der Waals surface area contributed by atoms with Crippen LogP contribution in [0.3, 0.4) is 0 Å². The van der Waals surface area contributed by atoms with Crippen molar-refractivity contribution in [2.45, 2.75) is 19.4 Å². The van der Waals surface area contributed by atoms with Crippen LogP contribution in [-0.2, 0) is 0 Å². The maximum Gasteiger partial charge on any atom is 0.274 e. The molecule has 0 saturated heterocycles. The molecule has 4 heteroatoms. The Bertz CT molecular complexity index is 1290. The van der Waals surface area contributed by atoms with Gasteiger partial charge >= 0.3 is 0 Å². The molecule has 0 bridgehead atoms. The second-order valence-electron chi connectivity index (χ2n) is 7.88. The Balaban J connectivity index is 1.59. The summed E-state index contributed by atoms with van der Waals surface area (Å²) in [4.78, 5) is 13.4. The van der Waals surface area contributed by atoms with E-state index in [4.69, 9.17) is 5.10 Å². The number of fused-ring (bicyclic) bond motifs is 1. The van der Waals surface area contributed by atoms with Crippen molar-refractivity contribution in [3.05, 3.63) is 113 Å². The smallest absolute Gasteiger partial charge is 0.274 e. The predicted molar refractivity (Wildman–Crippen MR) is 123 cm³/mol. The van der Waals surface area contributed by atoms with E-state index >= 15 is 0 Å². The van der Waals surface area contributed by atoms with Crippen LogP contribution < -0.4 is 0 Å². The van der Waals surface area contributed by atoms with Gasteiger partial charge in [0.05, 0.1) is 11.8 Å². The predicted octanol–water partition coefficient (Wildman–Crippen LogP) is 5.85. The van der Waals surface area contributed by atoms with Crippen molar-refractivity contribution in [3.63, 3.8) is 0 Å². The number of rotatable bonds is 3. The lowest BCUT2D eigenvalue weighted by Gasteiger charge is -2.22. The summed E-state index contributed by atoms with van der Waals surface area (Å²) in [6.07, 6.45) is 0.535. The molecule has 1 aliphatic heterocycles. The first-order valence-corrected chi connectivity index (χ1v) is 10.4. The van der Waals surface area contributed by atoms with Gasteiger partial charge in [-0.2, -0.15) is 5.10 Å². The van der Waals surface area contributed by atoms with Crippen molar-refractivity contribution in [1.82, 2.24) is 5.01 Å². The number of carbonyl (C=O) groups is 1. The van der Waals surface area contributed by atoms with Crippen LogP contribution >= 0.6 is 0 Å². The summed E-state index contributed by atoms with van der Waals surface area (Å²) in [6.45, 7) is 2.00. The molecular formula is C27H22N2O2. The number of hydrogen-bond donors (Lipinski definition) is 1. The lowest BCUT2D eigenvalue weighted by molar-refractivity contribution is 0.0711. The third-order valence-electron chi connectivity index (χ3n) is 5.81. The summed E-state index contributed by atoms with van der Waals surface area (Å²) < 4.78 is 0. The number of aryl methyl sites for hydroxylation is 1. The fourth-order valence-corrected chi connectivity index (χ4v) is 4.11. The quantitative estimate of drug-likeness (QED) is 0.464. The number of aromatic hydroxyl groups is 1. The molecule has 4 aromatic carbocycles. The molecular weight excluding hydrogens is 384 g/mol. The standard InChI is InChI=1S/C27H22N2O2/c1-18-11-13-21(14-12-18)27(31)29-25(20-8-3-2-4-9-20)17-24(28-29)23-16-15-19-7-5-6-10-22(19)26(23)30/h2-16,25,30H,17H2,1H3. The van der Waals surface area contributed by atoms with Gasteiger partial charge in [-0.3, -0.25) is 4.79 Å². The average molecular weight is 406 g/mol. The minimum absolute atomic E-state index is 0.149. The zero-order chi connectivity index (χ0) is 21.4. The summed E-state index contributed by atoms with van der Waals surface area (Å²) in [5, 5.41) is 19.0. The van der Waals surface area contributed by atoms with Crippen LogP contribution in [0.15, 0.2) is 96.1 Å². The maximum atomic E-state index is 13.4. The van der Waals surface area contributed by atoms with Gasteiger partial charge in [-0.25, -0.2) is 5.01 Å². The molecule has 0 fully saturated rings. The van der Waals surface area contributed by atoms with Crippen LogP contribution in [-0.4, -0.2) is 21.7 Å². The van der Waals surface area contributed by atoms with E-state index in [0.29, 0.717) is 23.3 Å². The van der Waals surface area contributed by atoms with Gasteiger partial charge in [0.1, 0.15) is 5.75 Å². The van der Waals surface area contributed by atoms with Gasteiger partial charge in [0.25, 0.3) is 5.91 Å². The fraction of sp³-hybridized carbons (Fsp3) is 0.111. The van der Waals surface area contributed by atoms with Gasteiger partial charge in [-0.05, 0) is 36.1 Å². The van der Waals surface area contributed by atoms with Crippen LogP contribution in [0, 0.1) is 6.92 Å². The van der Waals surface area contributed by atoms with Crippen molar-refractivity contribution < 1.29 is 9.90 Å². The lowest BCUT2D eigenvalue weighted by Crippen LogP contribution is -2.27. The number of phenolic OH excluding ortho intramolecular Hbond substituents is 1. The van der Waals surface area contributed by atoms with E-state index in [0.717, 1.165) is 21.9 Å². The van der Waals surface area contributed by atoms with Crippen molar-refractivity contribution in [3.8, 4) is 5.75 Å². The van der Waals surface area contributed by atoms with Crippen molar-refractivity contribution >= 4 is 22.4 Å². The number of benzene rings is 4. The fourth-order valence-electron chi connectivity index (χ4n) is 4.11. The van der Waals surface area contributed by atoms with Crippen molar-refractivity contribution in [2.24, 2.45) is 5.10 Å². The Hall–Kier alpha value is -3.92. The van der Waals surface area contributed by atoms with Crippen LogP contribution in [0.25, 0.3) is 10.8 Å². The molecule has 0 spiro atoms. The first kappa shape index (κ1) is 19.1. The van der Waals surface area contributed by atoms with Crippen LogP contribution in [0.5, 0.6) is 5.75 Å². The van der Waals surface area contributed by atoms with E-state index in [1.165, 1.54) is 0 Å². The highest BCUT2D eigenvalue weighted by molar-refractivity contribution is 6.10. The van der Waals surface area contributed by atoms with E-state index in [2.05, 4.69) is 0 Å². The first-order valence-electron chi connectivity index (χ1n) is 10.4. The van der Waals surface area contributed by atoms with Crippen LogP contribution in [0.4, 0.5) is 0 Å². The Kier molecular flexibility index (Phi) is 4.75. The Morgan fingerprint density at radius 2 is 1.61 bits per heavy atom. The zero-order valence-corrected chi connectivity index (χ0v) is 17.2. The Morgan fingerprint density at radius 3 is 2.39 bits per heavy atom. The number of amides is 1. The summed E-state index contributed by atoms with van der Waals surface area (Å²) >= 11 is 0. The van der Waals surface area contributed by atoms with Gasteiger partial charge < -0.3 is 5.11 Å². The van der Waals surface area contributed by atoms with Crippen LogP contribution in [0.1, 0.15) is 39.5 Å². The highest BCUT2D eigenvalue weighted by Crippen LogP contribution is 2.37. The summed E-state index contributed by atoms with van der Waals surface area (Å²) in [5.74, 6) is 0.0532. The molecule has 1 N–H and O–H groups in total. The maximum absolute atomic E-state index is 13.4. The molecule has 1 amide bonds. The molecule has 5 rings (SSSR count). The zero-order valence-electron chi connectivity index (χ0n) is 17.2. The Labute approximate surface area is 181 Å². The molecule has 1 unspecified atom stereocenters. The molecule has 4 nitrogen and oxygen atoms in total. The topological polar surface area (TPSA) is 52.9 Å². The molecule has 1 heterocycles. The molecule has 4 aromatic rings. The van der Waals surface area contributed by atoms with Gasteiger partial charge in [0.2, 0.25) is 0 Å². The number of phenols is 1. The minimum atomic E-state index is -0.226. The van der Waals surface area contributed by atoms with E-state index < -0.39 is 0 Å². The lowest BCUT2D eigenvalue weighted by atomic mass is 9.96. The highest BCUT2D eigenvalue weighted by atomic mass is 16.3. The number of hydrogen-bond acceptors (Lipinski definition) is 3. The number of hydrazone groups is 1. The molecule has 0 saturated carbocycles. The molecule has 152 valence electrons. The number of carbonyl (C=O) groups excluding carboxylic acids is 1. The summed E-state index contributed by atoms with van der Waals surface area (Å²) in [7, 11) is 0. The molecule has 0 aromatic heterocycles. The second-order valence-corrected chi connectivity index (χ2v) is 7.88. The normalized spacial score (nSPS) is 15.8. The number of nitrogens with zero attached hydrogens (tertiary/aromatic N) is 2. The van der Waals surface area contributed by atoms with Gasteiger partial charge in [-0.15, -0.1) is 0 Å². The molecule has 31 heavy (non-hydrogen) atoms. The summed E-state index contributed by atoms with van der Waals surface area (Å²) in [6, 6.07) is 28.8. The van der Waals surface area contributed by atoms with Gasteiger partial charge in [0, 0.05) is 22.9 Å². The van der Waals surface area contributed by atoms with E-state index in [9.17, 15) is 9.90 Å². The SMILES string of the molecule is Cc1ccc(C(=O)N2N=C(c3ccc4ccccc4c3O)CC2c2ccccc2)cc1. The third-order valence-corrected chi connectivity index (χ3v) is 5.81. The molecule has 1 atom stereocenters.